The first-order valence-corrected chi connectivity index (χ1v) is 11.5. The highest BCUT2D eigenvalue weighted by atomic mass is 16.5. The molecular weight excluding hydrogens is 432 g/mol. The summed E-state index contributed by atoms with van der Waals surface area (Å²) in [4.78, 5) is 19.1. The molecule has 0 fully saturated rings. The second-order valence-electron chi connectivity index (χ2n) is 7.98. The lowest BCUT2D eigenvalue weighted by atomic mass is 10.1. The number of methoxy groups -OCH3 is 2. The number of aromatic nitrogens is 1. The van der Waals surface area contributed by atoms with E-state index in [1.165, 1.54) is 0 Å². The Morgan fingerprint density at radius 2 is 1.65 bits per heavy atom. The smallest absolute Gasteiger partial charge is 0.319 e. The molecule has 34 heavy (non-hydrogen) atoms. The van der Waals surface area contributed by atoms with Crippen molar-refractivity contribution in [2.75, 3.05) is 45.7 Å². The molecule has 2 aromatic carbocycles. The second-order valence-corrected chi connectivity index (χ2v) is 7.98. The van der Waals surface area contributed by atoms with E-state index in [0.717, 1.165) is 47.4 Å². The average molecular weight is 467 g/mol. The summed E-state index contributed by atoms with van der Waals surface area (Å²) in [7, 11) is 3.19. The van der Waals surface area contributed by atoms with Gasteiger partial charge < -0.3 is 29.7 Å². The number of anilines is 1. The number of benzene rings is 2. The van der Waals surface area contributed by atoms with E-state index in [4.69, 9.17) is 14.2 Å². The molecule has 0 saturated heterocycles. The van der Waals surface area contributed by atoms with E-state index >= 15 is 0 Å². The van der Waals surface area contributed by atoms with Gasteiger partial charge in [0.1, 0.15) is 11.5 Å². The van der Waals surface area contributed by atoms with Gasteiger partial charge in [-0.15, -0.1) is 0 Å². The number of urea groups is 1. The van der Waals surface area contributed by atoms with Crippen LogP contribution in [0.3, 0.4) is 0 Å². The SMILES string of the molecule is CCN(CC)CCNC(=O)Nc1cc(C)c(Oc2ccnc3cc(OC)c(OC)cc23)cc1C. The van der Waals surface area contributed by atoms with E-state index in [0.29, 0.717) is 29.5 Å². The van der Waals surface area contributed by atoms with Gasteiger partial charge in [0, 0.05) is 36.4 Å². The second kappa shape index (κ2) is 11.6. The number of carbonyl (C=O) groups is 1. The van der Waals surface area contributed by atoms with Crippen LogP contribution in [0.2, 0.25) is 0 Å². The summed E-state index contributed by atoms with van der Waals surface area (Å²) in [6.07, 6.45) is 1.70. The van der Waals surface area contributed by atoms with Gasteiger partial charge in [-0.1, -0.05) is 13.8 Å². The molecule has 0 aliphatic carbocycles. The minimum absolute atomic E-state index is 0.218. The molecule has 3 aromatic rings. The lowest BCUT2D eigenvalue weighted by Crippen LogP contribution is -2.37. The number of amides is 2. The predicted octanol–water partition coefficient (Wildman–Crippen LogP) is 5.12. The van der Waals surface area contributed by atoms with Crippen LogP contribution in [-0.2, 0) is 0 Å². The zero-order valence-electron chi connectivity index (χ0n) is 20.8. The van der Waals surface area contributed by atoms with E-state index in [2.05, 4.69) is 34.4 Å². The Bertz CT molecular complexity index is 1150. The number of nitrogens with zero attached hydrogens (tertiary/aromatic N) is 2. The fourth-order valence-corrected chi connectivity index (χ4v) is 3.72. The Morgan fingerprint density at radius 1 is 0.941 bits per heavy atom. The Morgan fingerprint density at radius 3 is 2.32 bits per heavy atom. The van der Waals surface area contributed by atoms with Gasteiger partial charge >= 0.3 is 6.03 Å². The Balaban J connectivity index is 1.76. The van der Waals surface area contributed by atoms with Crippen LogP contribution in [0.25, 0.3) is 10.9 Å². The number of aryl methyl sites for hydroxylation is 2. The van der Waals surface area contributed by atoms with Crippen LogP contribution in [0.4, 0.5) is 10.5 Å². The molecule has 2 amide bonds. The van der Waals surface area contributed by atoms with E-state index in [1.807, 2.05) is 44.2 Å². The maximum absolute atomic E-state index is 12.4. The van der Waals surface area contributed by atoms with Gasteiger partial charge in [0.05, 0.1) is 19.7 Å². The number of nitrogens with one attached hydrogen (secondary N) is 2. The van der Waals surface area contributed by atoms with Crippen molar-refractivity contribution in [3.63, 3.8) is 0 Å². The molecule has 0 unspecified atom stereocenters. The van der Waals surface area contributed by atoms with Gasteiger partial charge in [0.25, 0.3) is 0 Å². The summed E-state index contributed by atoms with van der Waals surface area (Å²) in [6, 6.07) is 9.13. The summed E-state index contributed by atoms with van der Waals surface area (Å²) < 4.78 is 17.1. The van der Waals surface area contributed by atoms with Crippen molar-refractivity contribution in [1.82, 2.24) is 15.2 Å². The summed E-state index contributed by atoms with van der Waals surface area (Å²) in [6.45, 7) is 11.5. The van der Waals surface area contributed by atoms with E-state index in [9.17, 15) is 4.79 Å². The molecule has 182 valence electrons. The topological polar surface area (TPSA) is 85.0 Å². The number of fused-ring (bicyclic) bond motifs is 1. The van der Waals surface area contributed by atoms with Crippen molar-refractivity contribution in [2.45, 2.75) is 27.7 Å². The molecule has 0 spiro atoms. The molecule has 0 bridgehead atoms. The zero-order valence-corrected chi connectivity index (χ0v) is 20.8. The molecule has 8 nitrogen and oxygen atoms in total. The molecule has 0 saturated carbocycles. The summed E-state index contributed by atoms with van der Waals surface area (Å²) in [5.41, 5.74) is 3.28. The van der Waals surface area contributed by atoms with Crippen LogP contribution in [0.1, 0.15) is 25.0 Å². The van der Waals surface area contributed by atoms with Crippen LogP contribution < -0.4 is 24.8 Å². The highest BCUT2D eigenvalue weighted by Crippen LogP contribution is 2.38. The molecule has 2 N–H and O–H groups in total. The fourth-order valence-electron chi connectivity index (χ4n) is 3.72. The molecule has 0 aliphatic heterocycles. The normalized spacial score (nSPS) is 10.9. The number of rotatable bonds is 10. The van der Waals surface area contributed by atoms with Crippen LogP contribution in [-0.4, -0.2) is 56.3 Å². The number of hydrogen-bond acceptors (Lipinski definition) is 6. The largest absolute Gasteiger partial charge is 0.493 e. The van der Waals surface area contributed by atoms with E-state index in [-0.39, 0.29) is 6.03 Å². The minimum Gasteiger partial charge on any atom is -0.493 e. The maximum Gasteiger partial charge on any atom is 0.319 e. The third-order valence-electron chi connectivity index (χ3n) is 5.80. The van der Waals surface area contributed by atoms with Gasteiger partial charge in [0.2, 0.25) is 0 Å². The quantitative estimate of drug-likeness (QED) is 0.431. The van der Waals surface area contributed by atoms with E-state index in [1.54, 1.807) is 20.4 Å². The first kappa shape index (κ1) is 25.1. The predicted molar refractivity (Wildman–Crippen MR) is 136 cm³/mol. The zero-order chi connectivity index (χ0) is 24.7. The van der Waals surface area contributed by atoms with E-state index < -0.39 is 0 Å². The highest BCUT2D eigenvalue weighted by Gasteiger charge is 2.14. The number of pyridine rings is 1. The molecule has 1 aromatic heterocycles. The van der Waals surface area contributed by atoms with Crippen LogP contribution >= 0.6 is 0 Å². The van der Waals surface area contributed by atoms with Crippen molar-refractivity contribution in [1.29, 1.82) is 0 Å². The number of likely N-dealkylation sites (N-methyl/N-ethyl adjacent to an activating group) is 1. The van der Waals surface area contributed by atoms with Gasteiger partial charge in [-0.25, -0.2) is 4.79 Å². The molecule has 0 atom stereocenters. The molecule has 8 heteroatoms. The van der Waals surface area contributed by atoms with Gasteiger partial charge in [-0.2, -0.15) is 0 Å². The minimum atomic E-state index is -0.218. The Labute approximate surface area is 201 Å². The number of carbonyl (C=O) groups excluding carboxylic acids is 1. The third kappa shape index (κ3) is 5.88. The number of hydrogen-bond donors (Lipinski definition) is 2. The first-order chi connectivity index (χ1) is 16.4. The monoisotopic (exact) mass is 466 g/mol. The molecule has 3 rings (SSSR count). The number of ether oxygens (including phenoxy) is 3. The van der Waals surface area contributed by atoms with Crippen LogP contribution in [0, 0.1) is 13.8 Å². The molecular formula is C26H34N4O4. The van der Waals surface area contributed by atoms with Crippen LogP contribution in [0.5, 0.6) is 23.0 Å². The lowest BCUT2D eigenvalue weighted by molar-refractivity contribution is 0.248. The maximum atomic E-state index is 12.4. The highest BCUT2D eigenvalue weighted by molar-refractivity contribution is 5.91. The summed E-state index contributed by atoms with van der Waals surface area (Å²) in [5, 5.41) is 6.68. The first-order valence-electron chi connectivity index (χ1n) is 11.5. The average Bonchev–Trinajstić information content (AvgIpc) is 2.84. The summed E-state index contributed by atoms with van der Waals surface area (Å²) in [5.74, 6) is 2.57. The van der Waals surface area contributed by atoms with Crippen molar-refractivity contribution >= 4 is 22.6 Å². The van der Waals surface area contributed by atoms with Gasteiger partial charge in [-0.05, 0) is 62.3 Å². The standard InChI is InChI=1S/C26H34N4O4/c1-7-30(8-2)12-11-28-26(31)29-20-13-18(4)23(14-17(20)3)34-22-9-10-27-21-16-25(33-6)24(32-5)15-19(21)22/h9-10,13-16H,7-8,11-12H2,1-6H3,(H2,28,29,31). The molecule has 0 radical (unpaired) electrons. The van der Waals surface area contributed by atoms with Crippen molar-refractivity contribution < 1.29 is 19.0 Å². The molecule has 1 heterocycles. The van der Waals surface area contributed by atoms with Crippen molar-refractivity contribution in [2.24, 2.45) is 0 Å². The Hall–Kier alpha value is -3.52. The lowest BCUT2D eigenvalue weighted by Gasteiger charge is -2.19. The third-order valence-corrected chi connectivity index (χ3v) is 5.80. The Kier molecular flexibility index (Phi) is 8.54. The summed E-state index contributed by atoms with van der Waals surface area (Å²) >= 11 is 0. The van der Waals surface area contributed by atoms with Crippen LogP contribution in [0.15, 0.2) is 36.5 Å². The molecule has 0 aliphatic rings. The van der Waals surface area contributed by atoms with Gasteiger partial charge in [0.15, 0.2) is 11.5 Å². The fraction of sp³-hybridized carbons (Fsp3) is 0.385. The van der Waals surface area contributed by atoms with Gasteiger partial charge in [-0.3, -0.25) is 4.98 Å². The van der Waals surface area contributed by atoms with Crippen molar-refractivity contribution in [3.8, 4) is 23.0 Å². The van der Waals surface area contributed by atoms with Crippen molar-refractivity contribution in [3.05, 3.63) is 47.7 Å².